The highest BCUT2D eigenvalue weighted by molar-refractivity contribution is 6.06. The van der Waals surface area contributed by atoms with Gasteiger partial charge in [0, 0.05) is 6.54 Å². The monoisotopic (exact) mass is 505 g/mol. The van der Waals surface area contributed by atoms with Gasteiger partial charge in [0.2, 0.25) is 0 Å². The molecule has 2 amide bonds. The summed E-state index contributed by atoms with van der Waals surface area (Å²) in [6, 6.07) is 10.8. The molecular weight excluding hydrogens is 470 g/mol. The molecule has 8 nitrogen and oxygen atoms in total. The normalized spacial score (nSPS) is 14.3. The first-order valence-corrected chi connectivity index (χ1v) is 11.7. The zero-order valence-corrected chi connectivity index (χ0v) is 21.7. The molecule has 1 aliphatic heterocycles. The van der Waals surface area contributed by atoms with Crippen LogP contribution in [0.4, 0.5) is 10.5 Å². The number of ether oxygens (including phenoxy) is 2. The van der Waals surface area contributed by atoms with Gasteiger partial charge in [0.15, 0.2) is 11.5 Å². The highest BCUT2D eigenvalue weighted by Gasteiger charge is 2.35. The molecule has 2 aromatic carbocycles. The fraction of sp³-hybridized carbons (Fsp3) is 0.462. The molecule has 0 aromatic heterocycles. The minimum Gasteiger partial charge on any atom is -0.493 e. The zero-order valence-electron chi connectivity index (χ0n) is 20.9. The van der Waals surface area contributed by atoms with Crippen molar-refractivity contribution in [1.82, 2.24) is 9.80 Å². The summed E-state index contributed by atoms with van der Waals surface area (Å²) in [5.41, 5.74) is 2.48. The number of anilines is 1. The second kappa shape index (κ2) is 13.2. The quantitative estimate of drug-likeness (QED) is 0.472. The van der Waals surface area contributed by atoms with Gasteiger partial charge < -0.3 is 24.4 Å². The van der Waals surface area contributed by atoms with Gasteiger partial charge in [-0.15, -0.1) is 12.4 Å². The number of carbonyl (C=O) groups is 2. The van der Waals surface area contributed by atoms with Gasteiger partial charge in [0.25, 0.3) is 5.91 Å². The van der Waals surface area contributed by atoms with Crippen LogP contribution in [0.5, 0.6) is 11.5 Å². The Morgan fingerprint density at radius 1 is 1.17 bits per heavy atom. The lowest BCUT2D eigenvalue weighted by Crippen LogP contribution is -2.32. The van der Waals surface area contributed by atoms with E-state index < -0.39 is 6.09 Å². The molecule has 192 valence electrons. The Kier molecular flexibility index (Phi) is 10.7. The number of amides is 2. The summed E-state index contributed by atoms with van der Waals surface area (Å²) in [6.07, 6.45) is 4.02. The molecule has 2 aliphatic rings. The van der Waals surface area contributed by atoms with E-state index in [2.05, 4.69) is 10.2 Å². The molecule has 1 atom stereocenters. The van der Waals surface area contributed by atoms with Crippen molar-refractivity contribution in [2.45, 2.75) is 45.2 Å². The van der Waals surface area contributed by atoms with Gasteiger partial charge in [-0.25, -0.2) is 4.79 Å². The summed E-state index contributed by atoms with van der Waals surface area (Å²) in [7, 11) is 5.58. The van der Waals surface area contributed by atoms with Crippen LogP contribution in [-0.4, -0.2) is 61.3 Å². The van der Waals surface area contributed by atoms with Crippen LogP contribution in [0.25, 0.3) is 0 Å². The van der Waals surface area contributed by atoms with Crippen molar-refractivity contribution >= 4 is 30.1 Å². The molecule has 2 aromatic rings. The number of methoxy groups -OCH3 is 1. The highest BCUT2D eigenvalue weighted by Crippen LogP contribution is 2.39. The van der Waals surface area contributed by atoms with Crippen molar-refractivity contribution in [3.63, 3.8) is 0 Å². The van der Waals surface area contributed by atoms with E-state index in [0.29, 0.717) is 42.3 Å². The Hall–Kier alpha value is -2.97. The van der Waals surface area contributed by atoms with Crippen molar-refractivity contribution in [3.05, 3.63) is 53.1 Å². The average Bonchev–Trinajstić information content (AvgIpc) is 3.64. The van der Waals surface area contributed by atoms with Crippen molar-refractivity contribution in [2.75, 3.05) is 39.7 Å². The summed E-state index contributed by atoms with van der Waals surface area (Å²) < 4.78 is 11.1. The van der Waals surface area contributed by atoms with Crippen molar-refractivity contribution in [2.24, 2.45) is 0 Å². The number of carbonyl (C=O) groups excluding carboxylic acids is 1. The van der Waals surface area contributed by atoms with Crippen LogP contribution in [-0.2, 0) is 6.54 Å². The standard InChI is InChI=1S/C23H29N3O5.C3H6.ClH/c1-5-31-20-13-15(9-10-19(20)30-4)18(11-12-25(2)3)26-14-16-7-6-8-17(24-23(28)29)21(16)22(26)27;1-2-3-1;/h6-10,13,18,24H,5,11-12,14H2,1-4H3,(H,28,29);1-3H2;1H/t18-;;/m1../s1. The fourth-order valence-electron chi connectivity index (χ4n) is 3.91. The fourth-order valence-corrected chi connectivity index (χ4v) is 3.91. The number of halogens is 1. The number of nitrogens with zero attached hydrogens (tertiary/aromatic N) is 2. The number of carboxylic acid groups (broad SMARTS) is 1. The minimum atomic E-state index is -1.19. The van der Waals surface area contributed by atoms with E-state index in [9.17, 15) is 9.59 Å². The van der Waals surface area contributed by atoms with Gasteiger partial charge in [-0.3, -0.25) is 10.1 Å². The highest BCUT2D eigenvalue weighted by atomic mass is 35.5. The maximum atomic E-state index is 13.4. The molecule has 0 spiro atoms. The van der Waals surface area contributed by atoms with Crippen molar-refractivity contribution < 1.29 is 24.2 Å². The molecule has 0 unspecified atom stereocenters. The van der Waals surface area contributed by atoms with E-state index >= 15 is 0 Å². The maximum absolute atomic E-state index is 13.4. The largest absolute Gasteiger partial charge is 0.493 e. The number of benzene rings is 2. The zero-order chi connectivity index (χ0) is 24.7. The Balaban J connectivity index is 0.00000100. The molecule has 9 heteroatoms. The van der Waals surface area contributed by atoms with Crippen LogP contribution < -0.4 is 14.8 Å². The topological polar surface area (TPSA) is 91.3 Å². The van der Waals surface area contributed by atoms with Crippen LogP contribution in [0.15, 0.2) is 36.4 Å². The van der Waals surface area contributed by atoms with E-state index in [1.54, 1.807) is 24.1 Å². The molecule has 1 heterocycles. The molecular formula is C26H36ClN3O5. The number of rotatable bonds is 9. The summed E-state index contributed by atoms with van der Waals surface area (Å²) in [5.74, 6) is 1.09. The van der Waals surface area contributed by atoms with Gasteiger partial charge in [0.1, 0.15) is 0 Å². The van der Waals surface area contributed by atoms with Gasteiger partial charge in [-0.1, -0.05) is 37.5 Å². The molecule has 4 rings (SSSR count). The van der Waals surface area contributed by atoms with Crippen LogP contribution >= 0.6 is 12.4 Å². The molecule has 0 radical (unpaired) electrons. The van der Waals surface area contributed by atoms with E-state index in [4.69, 9.17) is 14.6 Å². The summed E-state index contributed by atoms with van der Waals surface area (Å²) in [6.45, 7) is 3.60. The number of fused-ring (bicyclic) bond motifs is 1. The molecule has 1 fully saturated rings. The first-order chi connectivity index (χ1) is 16.3. The maximum Gasteiger partial charge on any atom is 0.409 e. The molecule has 35 heavy (non-hydrogen) atoms. The minimum absolute atomic E-state index is 0. The van der Waals surface area contributed by atoms with Crippen LogP contribution in [0, 0.1) is 0 Å². The Labute approximate surface area is 213 Å². The molecule has 0 saturated heterocycles. The lowest BCUT2D eigenvalue weighted by atomic mass is 10.0. The average molecular weight is 506 g/mol. The van der Waals surface area contributed by atoms with E-state index in [1.165, 1.54) is 19.3 Å². The molecule has 1 aliphatic carbocycles. The third-order valence-electron chi connectivity index (χ3n) is 5.66. The first-order valence-electron chi connectivity index (χ1n) is 11.7. The number of hydrogen-bond acceptors (Lipinski definition) is 5. The Bertz CT molecular complexity index is 1010. The SMILES string of the molecule is C1CC1.CCOc1cc([C@@H](CCN(C)C)N2Cc3cccc(NC(=O)O)c3C2=O)ccc1OC.Cl. The lowest BCUT2D eigenvalue weighted by molar-refractivity contribution is 0.0684. The van der Waals surface area contributed by atoms with E-state index in [1.807, 2.05) is 45.3 Å². The Morgan fingerprint density at radius 2 is 1.89 bits per heavy atom. The first kappa shape index (κ1) is 28.3. The number of nitrogens with one attached hydrogen (secondary N) is 1. The van der Waals surface area contributed by atoms with Crippen molar-refractivity contribution in [3.8, 4) is 11.5 Å². The molecule has 2 N–H and O–H groups in total. The van der Waals surface area contributed by atoms with Crippen LogP contribution in [0.1, 0.15) is 60.1 Å². The van der Waals surface area contributed by atoms with Crippen LogP contribution in [0.2, 0.25) is 0 Å². The second-order valence-electron chi connectivity index (χ2n) is 8.71. The van der Waals surface area contributed by atoms with Crippen LogP contribution in [0.3, 0.4) is 0 Å². The van der Waals surface area contributed by atoms with Gasteiger partial charge in [-0.2, -0.15) is 0 Å². The third kappa shape index (κ3) is 7.50. The summed E-state index contributed by atoms with van der Waals surface area (Å²) in [5, 5.41) is 11.5. The second-order valence-corrected chi connectivity index (χ2v) is 8.71. The predicted octanol–water partition coefficient (Wildman–Crippen LogP) is 5.42. The smallest absolute Gasteiger partial charge is 0.409 e. The molecule has 0 bridgehead atoms. The number of hydrogen-bond donors (Lipinski definition) is 2. The molecule has 1 saturated carbocycles. The summed E-state index contributed by atoms with van der Waals surface area (Å²) >= 11 is 0. The van der Waals surface area contributed by atoms with Gasteiger partial charge in [0.05, 0.1) is 31.0 Å². The van der Waals surface area contributed by atoms with Gasteiger partial charge in [-0.05, 0) is 63.3 Å². The third-order valence-corrected chi connectivity index (χ3v) is 5.66. The van der Waals surface area contributed by atoms with E-state index in [0.717, 1.165) is 17.7 Å². The lowest BCUT2D eigenvalue weighted by Gasteiger charge is -2.30. The Morgan fingerprint density at radius 3 is 2.46 bits per heavy atom. The van der Waals surface area contributed by atoms with Gasteiger partial charge >= 0.3 is 6.09 Å². The van der Waals surface area contributed by atoms with Crippen molar-refractivity contribution in [1.29, 1.82) is 0 Å². The summed E-state index contributed by atoms with van der Waals surface area (Å²) in [4.78, 5) is 28.5. The predicted molar refractivity (Wildman–Crippen MR) is 139 cm³/mol. The van der Waals surface area contributed by atoms with E-state index in [-0.39, 0.29) is 24.4 Å².